The molecule has 0 spiro atoms. The number of hydrogen-bond donors (Lipinski definition) is 4. The molecule has 0 saturated carbocycles. The zero-order chi connectivity index (χ0) is 31.9. The molecule has 2 saturated heterocycles. The Hall–Kier alpha value is -2.10. The van der Waals surface area contributed by atoms with Gasteiger partial charge in [0, 0.05) is 0 Å². The molecular weight excluding hydrogens is 643 g/mol. The molecule has 0 amide bonds. The van der Waals surface area contributed by atoms with Gasteiger partial charge in [-0.25, -0.2) is 28.4 Å². The van der Waals surface area contributed by atoms with Crippen LogP contribution in [0.4, 0.5) is 5.82 Å². The molecule has 0 bridgehead atoms. The molecule has 2 aliphatic rings. The smallest absolute Gasteiger partial charge is 0.382 e. The van der Waals surface area contributed by atoms with E-state index in [0.717, 1.165) is 24.8 Å². The summed E-state index contributed by atoms with van der Waals surface area (Å²) in [6, 6.07) is 4.03. The second-order valence-electron chi connectivity index (χ2n) is 10.5. The highest BCUT2D eigenvalue weighted by Gasteiger charge is 2.54. The fourth-order valence-electron chi connectivity index (χ4n) is 4.94. The van der Waals surface area contributed by atoms with Crippen LogP contribution in [0.2, 0.25) is 0 Å². The number of hydrogen-bond acceptors (Lipinski definition) is 13. The van der Waals surface area contributed by atoms with Gasteiger partial charge in [-0.2, -0.15) is 4.31 Å². The molecule has 8 unspecified atom stereocenters. The number of phosphoric ester groups is 1. The van der Waals surface area contributed by atoms with Gasteiger partial charge in [0.25, 0.3) is 0 Å². The molecule has 2 aromatic heterocycles. The number of nitrogens with two attached hydrogens (primary N) is 1. The second-order valence-corrected chi connectivity index (χ2v) is 15.5. The molecular formula is C24H34N5O12P3. The summed E-state index contributed by atoms with van der Waals surface area (Å²) >= 11 is 0. The van der Waals surface area contributed by atoms with Gasteiger partial charge >= 0.3 is 23.2 Å². The number of anilines is 1. The number of ether oxygens (including phenoxy) is 3. The van der Waals surface area contributed by atoms with E-state index in [9.17, 15) is 28.4 Å². The summed E-state index contributed by atoms with van der Waals surface area (Å²) in [5.74, 6) is 0.156. The topological polar surface area (TPSA) is 237 Å². The van der Waals surface area contributed by atoms with Crippen molar-refractivity contribution in [3.05, 3.63) is 42.0 Å². The third kappa shape index (κ3) is 7.31. The van der Waals surface area contributed by atoms with Crippen molar-refractivity contribution in [1.82, 2.24) is 19.5 Å². The molecule has 2 aliphatic heterocycles. The first-order chi connectivity index (χ1) is 20.7. The first-order valence-corrected chi connectivity index (χ1v) is 18.3. The molecule has 44 heavy (non-hydrogen) atoms. The molecule has 242 valence electrons. The summed E-state index contributed by atoms with van der Waals surface area (Å²) < 4.78 is 71.6. The quantitative estimate of drug-likeness (QED) is 0.150. The van der Waals surface area contributed by atoms with Gasteiger partial charge in [-0.1, -0.05) is 25.8 Å². The molecule has 8 atom stereocenters. The molecule has 1 aromatic carbocycles. The van der Waals surface area contributed by atoms with Gasteiger partial charge in [0.1, 0.15) is 30.2 Å². The average molecular weight is 677 g/mol. The minimum absolute atomic E-state index is 0.156. The van der Waals surface area contributed by atoms with Crippen molar-refractivity contribution in [3.8, 4) is 0 Å². The number of aromatic nitrogens is 4. The van der Waals surface area contributed by atoms with Crippen LogP contribution in [0.25, 0.3) is 11.2 Å². The van der Waals surface area contributed by atoms with Gasteiger partial charge in [0.2, 0.25) is 0 Å². The summed E-state index contributed by atoms with van der Waals surface area (Å²) in [6.45, 7) is 4.83. The zero-order valence-corrected chi connectivity index (χ0v) is 26.7. The van der Waals surface area contributed by atoms with Crippen molar-refractivity contribution in [2.75, 3.05) is 12.3 Å². The highest BCUT2D eigenvalue weighted by molar-refractivity contribution is 7.71. The van der Waals surface area contributed by atoms with E-state index in [-0.39, 0.29) is 11.1 Å². The standard InChI is InChI=1S/C24H34N5O12P3/c1-4-5-6-7-18-38-20-17(37-24(21(20)39-18)29-13-28-19-22(25)26-12-27-23(19)29)11-36-43(32,33)41-44(34,35)40-42(30,31)16-9-8-14(2)15(3)10-16/h8-10,12-13,17-18,20-21,24H,4-7,11H2,1-3H3,(H,30,31)(H,32,33)(H,34,35)(H2,25,26,27). The van der Waals surface area contributed by atoms with Crippen molar-refractivity contribution in [2.45, 2.75) is 77.3 Å². The molecule has 17 nitrogen and oxygen atoms in total. The highest BCUT2D eigenvalue weighted by atomic mass is 31.3. The van der Waals surface area contributed by atoms with Crippen LogP contribution in [0.3, 0.4) is 0 Å². The number of benzene rings is 1. The Kier molecular flexibility index (Phi) is 9.79. The lowest BCUT2D eigenvalue weighted by Gasteiger charge is -2.22. The van der Waals surface area contributed by atoms with Crippen LogP contribution in [-0.2, 0) is 41.1 Å². The third-order valence-corrected chi connectivity index (χ3v) is 12.0. The van der Waals surface area contributed by atoms with Gasteiger partial charge in [-0.05, 0) is 49.9 Å². The van der Waals surface area contributed by atoms with Crippen LogP contribution in [0.1, 0.15) is 50.0 Å². The Morgan fingerprint density at radius 2 is 1.70 bits per heavy atom. The summed E-state index contributed by atoms with van der Waals surface area (Å²) in [5, 5.41) is -0.311. The van der Waals surface area contributed by atoms with Crippen molar-refractivity contribution in [1.29, 1.82) is 0 Å². The van der Waals surface area contributed by atoms with Crippen molar-refractivity contribution < 1.29 is 55.7 Å². The van der Waals surface area contributed by atoms with Crippen LogP contribution in [0.15, 0.2) is 30.9 Å². The van der Waals surface area contributed by atoms with E-state index in [1.54, 1.807) is 18.4 Å². The van der Waals surface area contributed by atoms with E-state index in [2.05, 4.69) is 30.5 Å². The van der Waals surface area contributed by atoms with Gasteiger partial charge in [0.05, 0.1) is 18.2 Å². The summed E-state index contributed by atoms with van der Waals surface area (Å²) in [4.78, 5) is 43.1. The lowest BCUT2D eigenvalue weighted by atomic mass is 10.1. The number of imidazole rings is 1. The highest BCUT2D eigenvalue weighted by Crippen LogP contribution is 2.67. The molecule has 20 heteroatoms. The Balaban J connectivity index is 1.29. The maximum Gasteiger partial charge on any atom is 0.488 e. The van der Waals surface area contributed by atoms with Crippen molar-refractivity contribution >= 4 is 45.5 Å². The van der Waals surface area contributed by atoms with Gasteiger partial charge in [-0.15, -0.1) is 0 Å². The van der Waals surface area contributed by atoms with E-state index in [4.69, 9.17) is 24.5 Å². The maximum atomic E-state index is 12.7. The monoisotopic (exact) mass is 677 g/mol. The minimum atomic E-state index is -5.61. The van der Waals surface area contributed by atoms with Crippen molar-refractivity contribution in [3.63, 3.8) is 0 Å². The minimum Gasteiger partial charge on any atom is -0.382 e. The number of nitrogens with zero attached hydrogens (tertiary/aromatic N) is 4. The Bertz CT molecular complexity index is 1660. The Morgan fingerprint density at radius 3 is 2.43 bits per heavy atom. The molecule has 2 fully saturated rings. The number of fused-ring (bicyclic) bond motifs is 2. The lowest BCUT2D eigenvalue weighted by Crippen LogP contribution is -2.31. The third-order valence-electron chi connectivity index (χ3n) is 7.25. The summed E-state index contributed by atoms with van der Waals surface area (Å²) in [5.41, 5.74) is 8.02. The van der Waals surface area contributed by atoms with Gasteiger partial charge < -0.3 is 34.6 Å². The first-order valence-electron chi connectivity index (χ1n) is 13.7. The predicted molar refractivity (Wildman–Crippen MR) is 154 cm³/mol. The number of aryl methyl sites for hydroxylation is 2. The average Bonchev–Trinajstić information content (AvgIpc) is 3.62. The fourth-order valence-corrected chi connectivity index (χ4v) is 9.01. The molecule has 4 heterocycles. The molecule has 0 aliphatic carbocycles. The first kappa shape index (κ1) is 33.3. The number of phosphoric acid groups is 2. The number of rotatable bonds is 13. The van der Waals surface area contributed by atoms with E-state index >= 15 is 0 Å². The van der Waals surface area contributed by atoms with Gasteiger partial charge in [0.15, 0.2) is 24.0 Å². The number of nitrogen functional groups attached to an aromatic ring is 1. The van der Waals surface area contributed by atoms with E-state index in [1.165, 1.54) is 30.9 Å². The SMILES string of the molecule is CCCCCC1OC2C(COP(=O)(O)OP(=O)(O)OP(=O)(O)c3ccc(C)c(C)c3)OC(n3cnc4c(N)ncnc43)C2O1. The zero-order valence-electron chi connectivity index (χ0n) is 24.0. The Labute approximate surface area is 252 Å². The fraction of sp³-hybridized carbons (Fsp3) is 0.542. The van der Waals surface area contributed by atoms with Crippen LogP contribution in [0, 0.1) is 13.8 Å². The van der Waals surface area contributed by atoms with Crippen molar-refractivity contribution in [2.24, 2.45) is 0 Å². The van der Waals surface area contributed by atoms with Gasteiger partial charge in [-0.3, -0.25) is 13.7 Å². The van der Waals surface area contributed by atoms with E-state index in [1.807, 2.05) is 0 Å². The van der Waals surface area contributed by atoms with Crippen LogP contribution < -0.4 is 11.0 Å². The normalized spacial score (nSPS) is 27.5. The number of unbranched alkanes of at least 4 members (excludes halogenated alkanes) is 2. The van der Waals surface area contributed by atoms with Crippen LogP contribution in [-0.4, -0.2) is 65.4 Å². The second kappa shape index (κ2) is 13.0. The Morgan fingerprint density at radius 1 is 0.955 bits per heavy atom. The largest absolute Gasteiger partial charge is 0.488 e. The molecule has 3 aromatic rings. The molecule has 5 rings (SSSR count). The van der Waals surface area contributed by atoms with E-state index < -0.39 is 60.7 Å². The predicted octanol–water partition coefficient (Wildman–Crippen LogP) is 3.37. The maximum absolute atomic E-state index is 12.7. The van der Waals surface area contributed by atoms with Crippen LogP contribution >= 0.6 is 23.2 Å². The van der Waals surface area contributed by atoms with Crippen LogP contribution in [0.5, 0.6) is 0 Å². The lowest BCUT2D eigenvalue weighted by molar-refractivity contribution is -0.152. The summed E-state index contributed by atoms with van der Waals surface area (Å²) in [7, 11) is -15.9. The summed E-state index contributed by atoms with van der Waals surface area (Å²) in [6.07, 6.45) is 2.11. The van der Waals surface area contributed by atoms with E-state index in [0.29, 0.717) is 23.1 Å². The molecule has 0 radical (unpaired) electrons. The molecule has 5 N–H and O–H groups in total.